The van der Waals surface area contributed by atoms with Crippen LogP contribution in [0.4, 0.5) is 0 Å². The van der Waals surface area contributed by atoms with Gasteiger partial charge in [0.15, 0.2) is 11.4 Å². The third kappa shape index (κ3) is 4.63. The summed E-state index contributed by atoms with van der Waals surface area (Å²) in [4.78, 5) is 21.7. The number of carbonyl (C=O) groups excluding carboxylic acids is 2. The highest BCUT2D eigenvalue weighted by Gasteiger charge is 2.19. The zero-order valence-corrected chi connectivity index (χ0v) is 12.2. The molecule has 1 aromatic rings. The fourth-order valence-corrected chi connectivity index (χ4v) is 2.38. The van der Waals surface area contributed by atoms with E-state index in [1.165, 1.54) is 20.1 Å². The summed E-state index contributed by atoms with van der Waals surface area (Å²) in [5.74, 6) is 0.849. The molecule has 0 aromatic heterocycles. The second-order valence-electron chi connectivity index (χ2n) is 4.26. The number of rotatable bonds is 7. The summed E-state index contributed by atoms with van der Waals surface area (Å²) < 4.78 is 5.01. The van der Waals surface area contributed by atoms with E-state index in [-0.39, 0.29) is 11.5 Å². The van der Waals surface area contributed by atoms with Gasteiger partial charge in [-0.15, -0.1) is 0 Å². The predicted octanol–water partition coefficient (Wildman–Crippen LogP) is 1.57. The van der Waals surface area contributed by atoms with Gasteiger partial charge >= 0.3 is 0 Å². The van der Waals surface area contributed by atoms with Crippen LogP contribution < -0.4 is 4.74 Å². The Hall–Kier alpha value is -1.37. The summed E-state index contributed by atoms with van der Waals surface area (Å²) in [5, 5.41) is 19.9. The van der Waals surface area contributed by atoms with Gasteiger partial charge in [0, 0.05) is 12.7 Å². The number of hydrogen-bond acceptors (Lipinski definition) is 6. The molecular weight excluding hydrogens is 280 g/mol. The van der Waals surface area contributed by atoms with Crippen molar-refractivity contribution in [1.82, 2.24) is 0 Å². The molecule has 2 N–H and O–H groups in total. The average molecular weight is 298 g/mol. The van der Waals surface area contributed by atoms with E-state index in [2.05, 4.69) is 0 Å². The van der Waals surface area contributed by atoms with Gasteiger partial charge in [-0.2, -0.15) is 0 Å². The molecule has 1 rings (SSSR count). The molecule has 5 nitrogen and oxygen atoms in total. The van der Waals surface area contributed by atoms with Crippen molar-refractivity contribution in [1.29, 1.82) is 0 Å². The normalized spacial score (nSPS) is 13.6. The number of methoxy groups -OCH3 is 1. The highest BCUT2D eigenvalue weighted by Crippen LogP contribution is 2.25. The van der Waals surface area contributed by atoms with Crippen molar-refractivity contribution in [2.24, 2.45) is 0 Å². The zero-order valence-electron chi connectivity index (χ0n) is 11.4. The summed E-state index contributed by atoms with van der Waals surface area (Å²) in [5.41, 5.74) is 0.752. The maximum atomic E-state index is 10.9. The average Bonchev–Trinajstić information content (AvgIpc) is 2.45. The van der Waals surface area contributed by atoms with Crippen molar-refractivity contribution < 1.29 is 24.5 Å². The quantitative estimate of drug-likeness (QED) is 0.743. The molecule has 0 spiro atoms. The Bertz CT molecular complexity index is 475. The minimum atomic E-state index is -1.10. The van der Waals surface area contributed by atoms with Crippen LogP contribution >= 0.6 is 11.8 Å². The summed E-state index contributed by atoms with van der Waals surface area (Å²) in [6.45, 7) is 1.45. The molecule has 6 heteroatoms. The van der Waals surface area contributed by atoms with E-state index >= 15 is 0 Å². The highest BCUT2D eigenvalue weighted by atomic mass is 32.2. The third-order valence-electron chi connectivity index (χ3n) is 2.81. The molecule has 20 heavy (non-hydrogen) atoms. The number of aliphatic hydroxyl groups excluding tert-OH is 2. The van der Waals surface area contributed by atoms with Crippen LogP contribution in [0.5, 0.6) is 5.75 Å². The van der Waals surface area contributed by atoms with E-state index in [9.17, 15) is 19.8 Å². The van der Waals surface area contributed by atoms with Crippen molar-refractivity contribution in [2.75, 3.05) is 12.9 Å². The van der Waals surface area contributed by atoms with Crippen LogP contribution in [-0.4, -0.2) is 40.6 Å². The largest absolute Gasteiger partial charge is 0.496 e. The first-order chi connectivity index (χ1) is 9.49. The van der Waals surface area contributed by atoms with Gasteiger partial charge in [-0.05, 0) is 24.1 Å². The topological polar surface area (TPSA) is 83.8 Å². The number of hydrogen-bond donors (Lipinski definition) is 2. The van der Waals surface area contributed by atoms with Crippen LogP contribution in [0.3, 0.4) is 0 Å². The predicted molar refractivity (Wildman–Crippen MR) is 77.1 cm³/mol. The van der Waals surface area contributed by atoms with E-state index in [1.54, 1.807) is 12.1 Å². The Morgan fingerprint density at radius 1 is 1.45 bits per heavy atom. The molecule has 0 aliphatic rings. The van der Waals surface area contributed by atoms with Gasteiger partial charge < -0.3 is 14.9 Å². The van der Waals surface area contributed by atoms with E-state index in [4.69, 9.17) is 4.74 Å². The van der Waals surface area contributed by atoms with Crippen molar-refractivity contribution >= 4 is 23.2 Å². The van der Waals surface area contributed by atoms with Gasteiger partial charge in [0.1, 0.15) is 11.9 Å². The first kappa shape index (κ1) is 16.7. The molecule has 110 valence electrons. The molecule has 0 aliphatic carbocycles. The van der Waals surface area contributed by atoms with Crippen molar-refractivity contribution in [3.63, 3.8) is 0 Å². The zero-order chi connectivity index (χ0) is 15.1. The molecular formula is C14H18O5S. The van der Waals surface area contributed by atoms with E-state index in [0.29, 0.717) is 28.9 Å². The van der Waals surface area contributed by atoms with E-state index in [1.807, 2.05) is 0 Å². The monoisotopic (exact) mass is 298 g/mol. The maximum absolute atomic E-state index is 10.9. The molecule has 2 unspecified atom stereocenters. The second-order valence-corrected chi connectivity index (χ2v) is 5.53. The molecule has 0 radical (unpaired) electrons. The fraction of sp³-hybridized carbons (Fsp3) is 0.429. The van der Waals surface area contributed by atoms with Crippen molar-refractivity contribution in [3.8, 4) is 5.75 Å². The molecule has 0 heterocycles. The van der Waals surface area contributed by atoms with Gasteiger partial charge in [-0.1, -0.05) is 17.8 Å². The number of aldehydes is 1. The summed E-state index contributed by atoms with van der Waals surface area (Å²) in [6.07, 6.45) is -1.18. The number of carbonyl (C=O) groups is 2. The molecule has 0 amide bonds. The maximum Gasteiger partial charge on any atom is 0.185 e. The van der Waals surface area contributed by atoms with Crippen LogP contribution in [0.2, 0.25) is 0 Å². The molecule has 0 saturated heterocycles. The minimum absolute atomic E-state index is 0.0284. The van der Waals surface area contributed by atoms with Gasteiger partial charge in [-0.25, -0.2) is 0 Å². The Morgan fingerprint density at radius 2 is 2.15 bits per heavy atom. The Balaban J connectivity index is 2.73. The number of benzene rings is 1. The lowest BCUT2D eigenvalue weighted by molar-refractivity contribution is -0.109. The fourth-order valence-electron chi connectivity index (χ4n) is 1.73. The lowest BCUT2D eigenvalue weighted by Crippen LogP contribution is -2.19. The Kier molecular flexibility index (Phi) is 6.70. The number of thioether (sulfide) groups is 1. The van der Waals surface area contributed by atoms with E-state index < -0.39 is 12.2 Å². The van der Waals surface area contributed by atoms with Crippen molar-refractivity contribution in [2.45, 2.75) is 25.6 Å². The summed E-state index contributed by atoms with van der Waals surface area (Å²) in [6, 6.07) is 4.65. The number of aliphatic hydroxyl groups is 2. The smallest absolute Gasteiger partial charge is 0.185 e. The SMILES string of the molecule is COc1ccc(C(O)C(O)CCSC(C)=O)cc1C=O. The van der Waals surface area contributed by atoms with Gasteiger partial charge in [0.2, 0.25) is 0 Å². The van der Waals surface area contributed by atoms with Crippen LogP contribution in [0.15, 0.2) is 18.2 Å². The molecule has 2 atom stereocenters. The third-order valence-corrected chi connectivity index (χ3v) is 3.65. The van der Waals surface area contributed by atoms with E-state index in [0.717, 1.165) is 11.8 Å². The molecule has 1 aromatic carbocycles. The van der Waals surface area contributed by atoms with Gasteiger partial charge in [-0.3, -0.25) is 9.59 Å². The first-order valence-electron chi connectivity index (χ1n) is 6.12. The minimum Gasteiger partial charge on any atom is -0.496 e. The molecule has 0 fully saturated rings. The van der Waals surface area contributed by atoms with Crippen LogP contribution in [0, 0.1) is 0 Å². The Labute approximate surface area is 121 Å². The van der Waals surface area contributed by atoms with Gasteiger partial charge in [0.05, 0.1) is 18.8 Å². The lowest BCUT2D eigenvalue weighted by atomic mass is 10.0. The van der Waals surface area contributed by atoms with Crippen molar-refractivity contribution in [3.05, 3.63) is 29.3 Å². The van der Waals surface area contributed by atoms with Crippen LogP contribution in [0.25, 0.3) is 0 Å². The first-order valence-corrected chi connectivity index (χ1v) is 7.10. The molecule has 0 aliphatic heterocycles. The lowest BCUT2D eigenvalue weighted by Gasteiger charge is -2.18. The summed E-state index contributed by atoms with van der Waals surface area (Å²) >= 11 is 1.10. The molecule has 0 bridgehead atoms. The number of ether oxygens (including phenoxy) is 1. The van der Waals surface area contributed by atoms with Gasteiger partial charge in [0.25, 0.3) is 0 Å². The Morgan fingerprint density at radius 3 is 2.70 bits per heavy atom. The highest BCUT2D eigenvalue weighted by molar-refractivity contribution is 8.13. The van der Waals surface area contributed by atoms with Crippen LogP contribution in [0.1, 0.15) is 35.4 Å². The second kappa shape index (κ2) is 8.04. The molecule has 0 saturated carbocycles. The standard InChI is InChI=1S/C14H18O5S/c1-9(16)20-6-5-12(17)14(18)10-3-4-13(19-2)11(7-10)8-15/h3-4,7-8,12,14,17-18H,5-6H2,1-2H3. The summed E-state index contributed by atoms with van der Waals surface area (Å²) in [7, 11) is 1.45. The van der Waals surface area contributed by atoms with Crippen LogP contribution in [-0.2, 0) is 4.79 Å².